The van der Waals surface area contributed by atoms with Crippen molar-refractivity contribution >= 4 is 0 Å². The Labute approximate surface area is 68.4 Å². The minimum atomic E-state index is -0.154. The van der Waals surface area contributed by atoms with Gasteiger partial charge >= 0.3 is 0 Å². The summed E-state index contributed by atoms with van der Waals surface area (Å²) in [6, 6.07) is 0.528. The van der Waals surface area contributed by atoms with Crippen molar-refractivity contribution < 1.29 is 5.11 Å². The van der Waals surface area contributed by atoms with Crippen LogP contribution in [0.15, 0.2) is 0 Å². The van der Waals surface area contributed by atoms with E-state index < -0.39 is 0 Å². The molecule has 0 amide bonds. The van der Waals surface area contributed by atoms with Crippen LogP contribution >= 0.6 is 0 Å². The summed E-state index contributed by atoms with van der Waals surface area (Å²) >= 11 is 0. The highest BCUT2D eigenvalue weighted by Gasteiger charge is 2.15. The lowest BCUT2D eigenvalue weighted by Crippen LogP contribution is -2.44. The molecule has 0 aromatic carbocycles. The Bertz CT molecular complexity index is 117. The lowest BCUT2D eigenvalue weighted by atomic mass is 10.2. The molecule has 1 atom stereocenters. The first-order valence-corrected chi connectivity index (χ1v) is 4.38. The monoisotopic (exact) mass is 158 g/mol. The third kappa shape index (κ3) is 2.77. The fourth-order valence-corrected chi connectivity index (χ4v) is 1.34. The van der Waals surface area contributed by atoms with Crippen LogP contribution in [0.3, 0.4) is 0 Å². The Morgan fingerprint density at radius 3 is 2.91 bits per heavy atom. The molecule has 1 aliphatic rings. The molecule has 1 aliphatic heterocycles. The van der Waals surface area contributed by atoms with Gasteiger partial charge in [0.15, 0.2) is 0 Å². The van der Waals surface area contributed by atoms with Crippen LogP contribution in [-0.2, 0) is 0 Å². The van der Waals surface area contributed by atoms with Gasteiger partial charge in [0.25, 0.3) is 0 Å². The molecule has 1 saturated heterocycles. The number of hydrazine groups is 1. The van der Waals surface area contributed by atoms with Crippen molar-refractivity contribution in [2.24, 2.45) is 0 Å². The smallest absolute Gasteiger partial charge is 0.0679 e. The summed E-state index contributed by atoms with van der Waals surface area (Å²) in [4.78, 5) is 0. The van der Waals surface area contributed by atoms with Crippen LogP contribution in [0.4, 0.5) is 0 Å². The van der Waals surface area contributed by atoms with E-state index >= 15 is 0 Å². The predicted octanol–water partition coefficient (Wildman–Crippen LogP) is 0.356. The second-order valence-corrected chi connectivity index (χ2v) is 3.45. The van der Waals surface area contributed by atoms with Gasteiger partial charge in [0, 0.05) is 19.1 Å². The van der Waals surface area contributed by atoms with Crippen LogP contribution in [0, 0.1) is 0 Å². The van der Waals surface area contributed by atoms with Crippen molar-refractivity contribution in [2.45, 2.75) is 38.8 Å². The van der Waals surface area contributed by atoms with E-state index in [9.17, 15) is 5.11 Å². The van der Waals surface area contributed by atoms with E-state index in [1.54, 1.807) is 0 Å². The largest absolute Gasteiger partial charge is 0.392 e. The molecule has 0 aromatic heterocycles. The van der Waals surface area contributed by atoms with Gasteiger partial charge in [-0.15, -0.1) is 0 Å². The molecule has 0 aromatic rings. The molecular formula is C8H18N2O. The maximum atomic E-state index is 9.30. The first-order chi connectivity index (χ1) is 5.20. The number of hydrogen-bond acceptors (Lipinski definition) is 3. The molecule has 1 unspecified atom stereocenters. The lowest BCUT2D eigenvalue weighted by Gasteiger charge is -2.24. The number of β-amino-alcohol motifs (C(OH)–C–C–N with tert-alkyl or cyclic N) is 1. The number of aliphatic hydroxyl groups excluding tert-OH is 1. The normalized spacial score (nSPS) is 28.9. The van der Waals surface area contributed by atoms with Crippen LogP contribution < -0.4 is 5.43 Å². The van der Waals surface area contributed by atoms with Gasteiger partial charge in [-0.2, -0.15) is 0 Å². The van der Waals surface area contributed by atoms with E-state index in [0.717, 1.165) is 19.4 Å². The number of rotatable bonds is 1. The maximum absolute atomic E-state index is 9.30. The third-order valence-electron chi connectivity index (χ3n) is 2.09. The fourth-order valence-electron chi connectivity index (χ4n) is 1.34. The SMILES string of the molecule is CC(C)N1CCCC(O)CN1. The molecule has 3 nitrogen and oxygen atoms in total. The van der Waals surface area contributed by atoms with E-state index in [1.165, 1.54) is 0 Å². The first kappa shape index (κ1) is 8.97. The molecule has 1 heterocycles. The number of nitrogens with zero attached hydrogens (tertiary/aromatic N) is 1. The molecule has 0 spiro atoms. The van der Waals surface area contributed by atoms with Crippen LogP contribution in [0.5, 0.6) is 0 Å². The summed E-state index contributed by atoms with van der Waals surface area (Å²) in [7, 11) is 0. The van der Waals surface area contributed by atoms with Crippen molar-refractivity contribution in [3.8, 4) is 0 Å². The Hall–Kier alpha value is -0.120. The standard InChI is InChI=1S/C8H18N2O/c1-7(2)10-5-3-4-8(11)6-9-10/h7-9,11H,3-6H2,1-2H3. The minimum absolute atomic E-state index is 0.154. The Morgan fingerprint density at radius 1 is 1.55 bits per heavy atom. The molecule has 0 saturated carbocycles. The Morgan fingerprint density at radius 2 is 2.27 bits per heavy atom. The average molecular weight is 158 g/mol. The average Bonchev–Trinajstić information content (AvgIpc) is 2.13. The van der Waals surface area contributed by atoms with Crippen molar-refractivity contribution in [1.29, 1.82) is 0 Å². The molecule has 0 radical (unpaired) electrons. The highest BCUT2D eigenvalue weighted by Crippen LogP contribution is 2.05. The molecule has 0 bridgehead atoms. The maximum Gasteiger partial charge on any atom is 0.0679 e. The summed E-state index contributed by atoms with van der Waals surface area (Å²) < 4.78 is 0. The quantitative estimate of drug-likeness (QED) is 0.578. The lowest BCUT2D eigenvalue weighted by molar-refractivity contribution is 0.122. The Balaban J connectivity index is 2.34. The van der Waals surface area contributed by atoms with E-state index in [4.69, 9.17) is 0 Å². The van der Waals surface area contributed by atoms with Gasteiger partial charge in [0.05, 0.1) is 6.10 Å². The first-order valence-electron chi connectivity index (χ1n) is 4.38. The van der Waals surface area contributed by atoms with Gasteiger partial charge in [-0.05, 0) is 26.7 Å². The molecule has 11 heavy (non-hydrogen) atoms. The topological polar surface area (TPSA) is 35.5 Å². The summed E-state index contributed by atoms with van der Waals surface area (Å²) in [5.41, 5.74) is 3.21. The van der Waals surface area contributed by atoms with Crippen molar-refractivity contribution in [2.75, 3.05) is 13.1 Å². The zero-order valence-electron chi connectivity index (χ0n) is 7.38. The van der Waals surface area contributed by atoms with E-state index in [1.807, 2.05) is 0 Å². The fraction of sp³-hybridized carbons (Fsp3) is 1.00. The van der Waals surface area contributed by atoms with Gasteiger partial charge in [-0.1, -0.05) is 0 Å². The minimum Gasteiger partial charge on any atom is -0.392 e. The third-order valence-corrected chi connectivity index (χ3v) is 2.09. The number of nitrogens with one attached hydrogen (secondary N) is 1. The van der Waals surface area contributed by atoms with E-state index in [-0.39, 0.29) is 6.10 Å². The van der Waals surface area contributed by atoms with Crippen LogP contribution in [0.25, 0.3) is 0 Å². The molecule has 3 heteroatoms. The van der Waals surface area contributed by atoms with Crippen molar-refractivity contribution in [3.63, 3.8) is 0 Å². The van der Waals surface area contributed by atoms with Gasteiger partial charge in [-0.25, -0.2) is 5.01 Å². The zero-order valence-corrected chi connectivity index (χ0v) is 7.38. The summed E-state index contributed by atoms with van der Waals surface area (Å²) in [6.07, 6.45) is 1.86. The van der Waals surface area contributed by atoms with E-state index in [0.29, 0.717) is 12.6 Å². The van der Waals surface area contributed by atoms with Crippen molar-refractivity contribution in [1.82, 2.24) is 10.4 Å². The van der Waals surface area contributed by atoms with Crippen LogP contribution in [-0.4, -0.2) is 35.4 Å². The van der Waals surface area contributed by atoms with Crippen LogP contribution in [0.2, 0.25) is 0 Å². The molecule has 1 fully saturated rings. The molecule has 1 rings (SSSR count). The Kier molecular flexibility index (Phi) is 3.30. The van der Waals surface area contributed by atoms with Gasteiger partial charge in [-0.3, -0.25) is 5.43 Å². The molecule has 66 valence electrons. The van der Waals surface area contributed by atoms with Gasteiger partial charge < -0.3 is 5.11 Å². The zero-order chi connectivity index (χ0) is 8.27. The molecule has 0 aliphatic carbocycles. The number of aliphatic hydroxyl groups is 1. The summed E-state index contributed by atoms with van der Waals surface area (Å²) in [5.74, 6) is 0. The summed E-state index contributed by atoms with van der Waals surface area (Å²) in [6.45, 7) is 6.07. The van der Waals surface area contributed by atoms with Crippen molar-refractivity contribution in [3.05, 3.63) is 0 Å². The van der Waals surface area contributed by atoms with Crippen LogP contribution in [0.1, 0.15) is 26.7 Å². The van der Waals surface area contributed by atoms with E-state index in [2.05, 4.69) is 24.3 Å². The highest BCUT2D eigenvalue weighted by atomic mass is 16.3. The second kappa shape index (κ2) is 4.04. The summed E-state index contributed by atoms with van der Waals surface area (Å²) in [5, 5.41) is 11.5. The predicted molar refractivity (Wildman–Crippen MR) is 45.1 cm³/mol. The second-order valence-electron chi connectivity index (χ2n) is 3.45. The van der Waals surface area contributed by atoms with Gasteiger partial charge in [0.2, 0.25) is 0 Å². The number of hydrogen-bond donors (Lipinski definition) is 2. The van der Waals surface area contributed by atoms with Gasteiger partial charge in [0.1, 0.15) is 0 Å². The molecular weight excluding hydrogens is 140 g/mol. The highest BCUT2D eigenvalue weighted by molar-refractivity contribution is 4.68. The molecule has 2 N–H and O–H groups in total.